The van der Waals surface area contributed by atoms with Gasteiger partial charge in [0.2, 0.25) is 0 Å². The van der Waals surface area contributed by atoms with Crippen LogP contribution in [0.4, 0.5) is 17.1 Å². The van der Waals surface area contributed by atoms with Crippen molar-refractivity contribution in [2.75, 3.05) is 4.90 Å². The summed E-state index contributed by atoms with van der Waals surface area (Å²) in [5.41, 5.74) is 19.0. The zero-order chi connectivity index (χ0) is 45.3. The van der Waals surface area contributed by atoms with E-state index in [-0.39, 0.29) is 0 Å². The molecular weight excluding hydrogens is 839 g/mol. The first-order valence-electron chi connectivity index (χ1n) is 23.8. The summed E-state index contributed by atoms with van der Waals surface area (Å²) in [6.07, 6.45) is 0. The van der Waals surface area contributed by atoms with Crippen LogP contribution in [0.2, 0.25) is 0 Å². The Morgan fingerprint density at radius 2 is 0.710 bits per heavy atom. The number of para-hydroxylation sites is 5. The summed E-state index contributed by atoms with van der Waals surface area (Å²) in [4.78, 5) is 2.53. The van der Waals surface area contributed by atoms with Crippen LogP contribution >= 0.6 is 0 Å². The molecule has 3 heteroatoms. The Labute approximate surface area is 400 Å². The molecule has 0 bridgehead atoms. The average molecular weight is 880 g/mol. The van der Waals surface area contributed by atoms with Crippen LogP contribution in [-0.4, -0.2) is 0 Å². The molecule has 2 spiro atoms. The van der Waals surface area contributed by atoms with E-state index >= 15 is 0 Å². The lowest BCUT2D eigenvalue weighted by Gasteiger charge is -2.39. The minimum absolute atomic E-state index is 0.574. The van der Waals surface area contributed by atoms with Crippen molar-refractivity contribution in [3.05, 3.63) is 293 Å². The van der Waals surface area contributed by atoms with Crippen molar-refractivity contribution in [3.63, 3.8) is 0 Å². The molecule has 15 rings (SSSR count). The van der Waals surface area contributed by atoms with Crippen LogP contribution in [0.1, 0.15) is 44.5 Å². The van der Waals surface area contributed by atoms with Crippen molar-refractivity contribution in [2.45, 2.75) is 10.8 Å². The molecule has 3 nitrogen and oxygen atoms in total. The minimum atomic E-state index is -0.615. The van der Waals surface area contributed by atoms with Crippen LogP contribution < -0.4 is 14.4 Å². The Hall–Kier alpha value is -8.92. The number of fused-ring (bicyclic) bond motifs is 20. The van der Waals surface area contributed by atoms with Gasteiger partial charge in [-0.15, -0.1) is 0 Å². The van der Waals surface area contributed by atoms with E-state index in [1.54, 1.807) is 0 Å². The van der Waals surface area contributed by atoms with Crippen LogP contribution in [0.3, 0.4) is 0 Å². The number of nitrogens with zero attached hydrogens (tertiary/aromatic N) is 1. The quantitative estimate of drug-likeness (QED) is 0.176. The second-order valence-electron chi connectivity index (χ2n) is 18.6. The molecular formula is C66H41NO2. The van der Waals surface area contributed by atoms with E-state index in [2.05, 4.69) is 254 Å². The SMILES string of the molecule is c1ccc(-c2ccccc2N(c2ccc3ccc4c(c3c2)-c2ccccc2C42c3ccccc3Oc3ccccc32)c2cccc3c2-c2ccccc2C32c3ccccc3Oc3ccccc32)cc1. The second kappa shape index (κ2) is 14.3. The summed E-state index contributed by atoms with van der Waals surface area (Å²) in [6, 6.07) is 91.0. The van der Waals surface area contributed by atoms with Gasteiger partial charge in [-0.05, 0) is 104 Å². The molecule has 2 aliphatic carbocycles. The van der Waals surface area contributed by atoms with Gasteiger partial charge in [-0.1, -0.05) is 200 Å². The number of benzene rings is 11. The number of rotatable bonds is 4. The molecule has 69 heavy (non-hydrogen) atoms. The van der Waals surface area contributed by atoms with Crippen LogP contribution in [0.25, 0.3) is 44.2 Å². The summed E-state index contributed by atoms with van der Waals surface area (Å²) < 4.78 is 13.4. The van der Waals surface area contributed by atoms with E-state index in [9.17, 15) is 0 Å². The third-order valence-corrected chi connectivity index (χ3v) is 15.4. The highest BCUT2D eigenvalue weighted by molar-refractivity contribution is 6.08. The Morgan fingerprint density at radius 1 is 0.290 bits per heavy atom. The highest BCUT2D eigenvalue weighted by Crippen LogP contribution is 2.66. The van der Waals surface area contributed by atoms with E-state index in [1.807, 2.05) is 0 Å². The number of hydrogen-bond acceptors (Lipinski definition) is 3. The maximum absolute atomic E-state index is 6.74. The molecule has 4 aliphatic rings. The van der Waals surface area contributed by atoms with E-state index in [0.717, 1.165) is 73.4 Å². The lowest BCUT2D eigenvalue weighted by Crippen LogP contribution is -2.32. The molecule has 0 atom stereocenters. The topological polar surface area (TPSA) is 21.7 Å². The summed E-state index contributed by atoms with van der Waals surface area (Å²) in [5, 5.41) is 2.39. The summed E-state index contributed by atoms with van der Waals surface area (Å²) in [7, 11) is 0. The second-order valence-corrected chi connectivity index (χ2v) is 18.6. The van der Waals surface area contributed by atoms with Gasteiger partial charge in [0, 0.05) is 39.1 Å². The highest BCUT2D eigenvalue weighted by Gasteiger charge is 2.53. The van der Waals surface area contributed by atoms with Crippen LogP contribution in [0, 0.1) is 0 Å². The highest BCUT2D eigenvalue weighted by atomic mass is 16.5. The predicted octanol–water partition coefficient (Wildman–Crippen LogP) is 16.9. The maximum Gasteiger partial charge on any atom is 0.132 e. The monoisotopic (exact) mass is 879 g/mol. The van der Waals surface area contributed by atoms with Gasteiger partial charge in [0.05, 0.1) is 22.2 Å². The molecule has 322 valence electrons. The molecule has 0 saturated carbocycles. The zero-order valence-corrected chi connectivity index (χ0v) is 37.4. The molecule has 0 amide bonds. The predicted molar refractivity (Wildman–Crippen MR) is 279 cm³/mol. The van der Waals surface area contributed by atoms with Gasteiger partial charge in [-0.2, -0.15) is 0 Å². The summed E-state index contributed by atoms with van der Waals surface area (Å²) in [5.74, 6) is 3.54. The number of ether oxygens (including phenoxy) is 2. The fourth-order valence-electron chi connectivity index (χ4n) is 12.8. The molecule has 2 aliphatic heterocycles. The van der Waals surface area contributed by atoms with Gasteiger partial charge in [0.1, 0.15) is 23.0 Å². The molecule has 0 N–H and O–H groups in total. The van der Waals surface area contributed by atoms with Crippen molar-refractivity contribution >= 4 is 27.8 Å². The number of hydrogen-bond donors (Lipinski definition) is 0. The zero-order valence-electron chi connectivity index (χ0n) is 37.4. The maximum atomic E-state index is 6.74. The van der Waals surface area contributed by atoms with Crippen LogP contribution in [0.5, 0.6) is 23.0 Å². The van der Waals surface area contributed by atoms with E-state index in [1.165, 1.54) is 55.3 Å². The van der Waals surface area contributed by atoms with Gasteiger partial charge >= 0.3 is 0 Å². The largest absolute Gasteiger partial charge is 0.457 e. The molecule has 0 unspecified atom stereocenters. The van der Waals surface area contributed by atoms with Crippen molar-refractivity contribution < 1.29 is 9.47 Å². The summed E-state index contributed by atoms with van der Waals surface area (Å²) in [6.45, 7) is 0. The lowest BCUT2D eigenvalue weighted by molar-refractivity contribution is 0.436. The minimum Gasteiger partial charge on any atom is -0.457 e. The van der Waals surface area contributed by atoms with E-state index in [0.29, 0.717) is 0 Å². The Kier molecular flexibility index (Phi) is 7.92. The normalized spacial score (nSPS) is 14.3. The van der Waals surface area contributed by atoms with Gasteiger partial charge in [0.15, 0.2) is 0 Å². The molecule has 0 radical (unpaired) electrons. The fraction of sp³-hybridized carbons (Fsp3) is 0.0303. The smallest absolute Gasteiger partial charge is 0.132 e. The first-order chi connectivity index (χ1) is 34.2. The molecule has 11 aromatic carbocycles. The fourth-order valence-corrected chi connectivity index (χ4v) is 12.8. The van der Waals surface area contributed by atoms with Crippen molar-refractivity contribution in [1.82, 2.24) is 0 Å². The van der Waals surface area contributed by atoms with Crippen molar-refractivity contribution in [1.29, 1.82) is 0 Å². The van der Waals surface area contributed by atoms with Crippen LogP contribution in [-0.2, 0) is 10.8 Å². The van der Waals surface area contributed by atoms with Crippen LogP contribution in [0.15, 0.2) is 249 Å². The molecule has 2 heterocycles. The molecule has 0 saturated heterocycles. The lowest BCUT2D eigenvalue weighted by atomic mass is 9.66. The van der Waals surface area contributed by atoms with Gasteiger partial charge in [-0.25, -0.2) is 0 Å². The molecule has 0 fully saturated rings. The summed E-state index contributed by atoms with van der Waals surface area (Å²) >= 11 is 0. The van der Waals surface area contributed by atoms with Gasteiger partial charge in [0.25, 0.3) is 0 Å². The third kappa shape index (κ3) is 5.01. The Bertz CT molecular complexity index is 3850. The average Bonchev–Trinajstić information content (AvgIpc) is 3.88. The standard InChI is InChI=1S/C66H41NO2/c1-2-19-42(20-3-1)45-21-6-13-31-57(45)67(58-32-18-30-55-64(58)47-23-5-8-25-50(47)65(55)51-26-9-14-33-59(51)68-60-34-15-10-27-52(60)65)44-39-37-43-38-40-56-63(48(43)41-44)46-22-4-7-24-49(46)66(56)53-28-11-16-35-61(53)69-62-36-17-12-29-54(62)66/h1-41H. The number of anilines is 3. The third-order valence-electron chi connectivity index (χ3n) is 15.4. The van der Waals surface area contributed by atoms with Crippen molar-refractivity contribution in [3.8, 4) is 56.4 Å². The van der Waals surface area contributed by atoms with Gasteiger partial charge < -0.3 is 14.4 Å². The van der Waals surface area contributed by atoms with E-state index in [4.69, 9.17) is 9.47 Å². The molecule has 11 aromatic rings. The first-order valence-corrected chi connectivity index (χ1v) is 23.8. The first kappa shape index (κ1) is 38.2. The Balaban J connectivity index is 1.04. The molecule has 0 aromatic heterocycles. The Morgan fingerprint density at radius 3 is 1.29 bits per heavy atom. The van der Waals surface area contributed by atoms with Gasteiger partial charge in [-0.3, -0.25) is 0 Å². The van der Waals surface area contributed by atoms with Crippen molar-refractivity contribution in [2.24, 2.45) is 0 Å². The van der Waals surface area contributed by atoms with E-state index < -0.39 is 10.8 Å².